The molecule has 22 heavy (non-hydrogen) atoms. The summed E-state index contributed by atoms with van der Waals surface area (Å²) >= 11 is 0. The molecule has 2 aromatic rings. The lowest BCUT2D eigenvalue weighted by Gasteiger charge is -2.17. The molecular formula is C16H21N5O. The minimum absolute atomic E-state index is 0.196. The summed E-state index contributed by atoms with van der Waals surface area (Å²) < 4.78 is 0. The Kier molecular flexibility index (Phi) is 3.33. The summed E-state index contributed by atoms with van der Waals surface area (Å²) in [5, 5.41) is 17.6. The highest BCUT2D eigenvalue weighted by Gasteiger charge is 2.33. The van der Waals surface area contributed by atoms with Crippen LogP contribution in [0.5, 0.6) is 0 Å². The van der Waals surface area contributed by atoms with Crippen molar-refractivity contribution >= 4 is 5.82 Å². The fourth-order valence-corrected chi connectivity index (χ4v) is 3.23. The maximum atomic E-state index is 10.4. The molecule has 0 radical (unpaired) electrons. The normalized spacial score (nSPS) is 24.9. The summed E-state index contributed by atoms with van der Waals surface area (Å²) in [7, 11) is 0. The number of rotatable bonds is 4. The SMILES string of the molecule is Cc1cc(C[C@@H]2CN(c3cc(C4CC4)ncn3)C[C@H]2O)n[nH]1. The zero-order valence-electron chi connectivity index (χ0n) is 12.7. The second-order valence-electron chi connectivity index (χ2n) is 6.55. The van der Waals surface area contributed by atoms with Crippen molar-refractivity contribution in [2.75, 3.05) is 18.0 Å². The van der Waals surface area contributed by atoms with E-state index in [0.29, 0.717) is 12.5 Å². The van der Waals surface area contributed by atoms with Crippen LogP contribution in [0.25, 0.3) is 0 Å². The standard InChI is InChI=1S/C16H21N5O/c1-10-4-13(20-19-10)5-12-7-21(8-15(12)22)16-6-14(11-2-3-11)17-9-18-16/h4,6,9,11-12,15,22H,2-3,5,7-8H2,1H3,(H,19,20)/t12-,15-/m1/s1. The summed E-state index contributed by atoms with van der Waals surface area (Å²) in [5.74, 6) is 1.76. The highest BCUT2D eigenvalue weighted by molar-refractivity contribution is 5.42. The maximum absolute atomic E-state index is 10.4. The molecule has 2 fully saturated rings. The average molecular weight is 299 g/mol. The van der Waals surface area contributed by atoms with Crippen LogP contribution in [0.3, 0.4) is 0 Å². The Morgan fingerprint density at radius 1 is 1.27 bits per heavy atom. The van der Waals surface area contributed by atoms with Gasteiger partial charge in [0.15, 0.2) is 0 Å². The molecule has 6 heteroatoms. The number of hydrogen-bond donors (Lipinski definition) is 2. The van der Waals surface area contributed by atoms with Gasteiger partial charge in [-0.25, -0.2) is 9.97 Å². The second-order valence-corrected chi connectivity index (χ2v) is 6.55. The summed E-state index contributed by atoms with van der Waals surface area (Å²) in [4.78, 5) is 10.9. The number of aromatic amines is 1. The number of aliphatic hydroxyl groups is 1. The molecule has 2 N–H and O–H groups in total. The van der Waals surface area contributed by atoms with Crippen molar-refractivity contribution in [3.05, 3.63) is 35.5 Å². The Labute approximate surface area is 129 Å². The molecule has 4 rings (SSSR count). The van der Waals surface area contributed by atoms with E-state index in [2.05, 4.69) is 31.1 Å². The molecule has 2 aromatic heterocycles. The van der Waals surface area contributed by atoms with Gasteiger partial charge >= 0.3 is 0 Å². The van der Waals surface area contributed by atoms with Crippen LogP contribution in [0, 0.1) is 12.8 Å². The van der Waals surface area contributed by atoms with Gasteiger partial charge in [-0.15, -0.1) is 0 Å². The van der Waals surface area contributed by atoms with Gasteiger partial charge in [-0.2, -0.15) is 5.10 Å². The van der Waals surface area contributed by atoms with Crippen LogP contribution in [0.1, 0.15) is 35.8 Å². The molecule has 0 spiro atoms. The molecule has 0 bridgehead atoms. The lowest BCUT2D eigenvalue weighted by atomic mass is 10.0. The number of β-amino-alcohol motifs (C(OH)–C–C–N with tert-alkyl or cyclic N) is 1. The highest BCUT2D eigenvalue weighted by atomic mass is 16.3. The van der Waals surface area contributed by atoms with Crippen LogP contribution in [0.15, 0.2) is 18.5 Å². The number of anilines is 1. The molecule has 1 aliphatic carbocycles. The van der Waals surface area contributed by atoms with Crippen LogP contribution < -0.4 is 4.90 Å². The Morgan fingerprint density at radius 3 is 2.86 bits per heavy atom. The van der Waals surface area contributed by atoms with E-state index in [1.807, 2.05) is 13.0 Å². The van der Waals surface area contributed by atoms with E-state index in [-0.39, 0.29) is 12.0 Å². The lowest BCUT2D eigenvalue weighted by Crippen LogP contribution is -2.22. The predicted octanol–water partition coefficient (Wildman–Crippen LogP) is 1.43. The molecule has 0 unspecified atom stereocenters. The first-order valence-electron chi connectivity index (χ1n) is 7.95. The minimum Gasteiger partial charge on any atom is -0.391 e. The van der Waals surface area contributed by atoms with Crippen molar-refractivity contribution in [3.8, 4) is 0 Å². The third-order valence-corrected chi connectivity index (χ3v) is 4.63. The molecule has 116 valence electrons. The van der Waals surface area contributed by atoms with Crippen LogP contribution in [-0.4, -0.2) is 44.5 Å². The Hall–Kier alpha value is -1.95. The Bertz CT molecular complexity index is 666. The fourth-order valence-electron chi connectivity index (χ4n) is 3.23. The Morgan fingerprint density at radius 2 is 2.14 bits per heavy atom. The van der Waals surface area contributed by atoms with Crippen molar-refractivity contribution in [2.24, 2.45) is 5.92 Å². The number of aliphatic hydroxyl groups excluding tert-OH is 1. The lowest BCUT2D eigenvalue weighted by molar-refractivity contribution is 0.148. The van der Waals surface area contributed by atoms with Crippen molar-refractivity contribution < 1.29 is 5.11 Å². The van der Waals surface area contributed by atoms with Gasteiger partial charge in [-0.1, -0.05) is 0 Å². The van der Waals surface area contributed by atoms with Crippen molar-refractivity contribution in [1.29, 1.82) is 0 Å². The van der Waals surface area contributed by atoms with Gasteiger partial charge in [-0.05, 0) is 32.3 Å². The second kappa shape index (κ2) is 5.35. The number of nitrogens with one attached hydrogen (secondary N) is 1. The van der Waals surface area contributed by atoms with Gasteiger partial charge < -0.3 is 10.0 Å². The molecule has 3 heterocycles. The quantitative estimate of drug-likeness (QED) is 0.893. The molecular weight excluding hydrogens is 278 g/mol. The van der Waals surface area contributed by atoms with Crippen molar-refractivity contribution in [3.63, 3.8) is 0 Å². The largest absolute Gasteiger partial charge is 0.391 e. The Balaban J connectivity index is 1.47. The molecule has 0 amide bonds. The van der Waals surface area contributed by atoms with Gasteiger partial charge in [0.05, 0.1) is 11.8 Å². The zero-order valence-corrected chi connectivity index (χ0v) is 12.7. The highest BCUT2D eigenvalue weighted by Crippen LogP contribution is 2.39. The van der Waals surface area contributed by atoms with Gasteiger partial charge in [0.25, 0.3) is 0 Å². The third kappa shape index (κ3) is 2.70. The van der Waals surface area contributed by atoms with Crippen molar-refractivity contribution in [2.45, 2.75) is 38.2 Å². The summed E-state index contributed by atoms with van der Waals surface area (Å²) in [6.45, 7) is 3.44. The summed E-state index contributed by atoms with van der Waals surface area (Å²) in [6, 6.07) is 4.14. The van der Waals surface area contributed by atoms with Crippen LogP contribution in [0.4, 0.5) is 5.82 Å². The van der Waals surface area contributed by atoms with Crippen molar-refractivity contribution in [1.82, 2.24) is 20.2 Å². The number of aromatic nitrogens is 4. The molecule has 1 saturated carbocycles. The molecule has 2 atom stereocenters. The first-order valence-corrected chi connectivity index (χ1v) is 7.95. The predicted molar refractivity (Wildman–Crippen MR) is 82.7 cm³/mol. The summed E-state index contributed by atoms with van der Waals surface area (Å²) in [5.41, 5.74) is 3.22. The first kappa shape index (κ1) is 13.7. The smallest absolute Gasteiger partial charge is 0.132 e. The minimum atomic E-state index is -0.337. The van der Waals surface area contributed by atoms with E-state index in [0.717, 1.165) is 35.9 Å². The molecule has 6 nitrogen and oxygen atoms in total. The first-order chi connectivity index (χ1) is 10.7. The fraction of sp³-hybridized carbons (Fsp3) is 0.562. The zero-order chi connectivity index (χ0) is 15.1. The van der Waals surface area contributed by atoms with Gasteiger partial charge in [-0.3, -0.25) is 5.10 Å². The summed E-state index contributed by atoms with van der Waals surface area (Å²) in [6.07, 6.45) is 4.58. The van der Waals surface area contributed by atoms with Gasteiger partial charge in [0.1, 0.15) is 12.1 Å². The molecule has 1 saturated heterocycles. The van der Waals surface area contributed by atoms with Gasteiger partial charge in [0, 0.05) is 42.4 Å². The van der Waals surface area contributed by atoms with E-state index < -0.39 is 0 Å². The van der Waals surface area contributed by atoms with E-state index in [1.54, 1.807) is 6.33 Å². The maximum Gasteiger partial charge on any atom is 0.132 e. The number of aryl methyl sites for hydroxylation is 1. The number of nitrogens with zero attached hydrogens (tertiary/aromatic N) is 4. The van der Waals surface area contributed by atoms with Gasteiger partial charge in [0.2, 0.25) is 0 Å². The van der Waals surface area contributed by atoms with E-state index >= 15 is 0 Å². The van der Waals surface area contributed by atoms with E-state index in [9.17, 15) is 5.11 Å². The molecule has 0 aromatic carbocycles. The van der Waals surface area contributed by atoms with Crippen LogP contribution >= 0.6 is 0 Å². The molecule has 2 aliphatic rings. The molecule has 1 aliphatic heterocycles. The van der Waals surface area contributed by atoms with Crippen LogP contribution in [-0.2, 0) is 6.42 Å². The number of H-pyrrole nitrogens is 1. The van der Waals surface area contributed by atoms with E-state index in [1.165, 1.54) is 12.8 Å². The monoisotopic (exact) mass is 299 g/mol. The average Bonchev–Trinajstić information content (AvgIpc) is 3.20. The van der Waals surface area contributed by atoms with Crippen LogP contribution in [0.2, 0.25) is 0 Å². The topological polar surface area (TPSA) is 77.9 Å². The van der Waals surface area contributed by atoms with E-state index in [4.69, 9.17) is 0 Å². The third-order valence-electron chi connectivity index (χ3n) is 4.63. The number of hydrogen-bond acceptors (Lipinski definition) is 5.